The van der Waals surface area contributed by atoms with Crippen LogP contribution < -0.4 is 4.74 Å². The van der Waals surface area contributed by atoms with Gasteiger partial charge in [-0.05, 0) is 25.0 Å². The molecule has 0 aliphatic rings. The lowest BCUT2D eigenvalue weighted by Gasteiger charge is -2.16. The summed E-state index contributed by atoms with van der Waals surface area (Å²) in [6, 6.07) is 5.93. The first-order chi connectivity index (χ1) is 8.10. The molecule has 0 aromatic heterocycles. The number of aliphatic hydroxyl groups excluding tert-OH is 1. The van der Waals surface area contributed by atoms with E-state index in [-0.39, 0.29) is 0 Å². The van der Waals surface area contributed by atoms with Gasteiger partial charge < -0.3 is 9.84 Å². The Balaban J connectivity index is 2.90. The van der Waals surface area contributed by atoms with Crippen molar-refractivity contribution in [1.82, 2.24) is 0 Å². The molecule has 0 spiro atoms. The SMILES string of the molecule is CCC(C)CSc1cccc(OC)c1C(C)O. The molecular formula is C14H22O2S. The van der Waals surface area contributed by atoms with Crippen molar-refractivity contribution in [1.29, 1.82) is 0 Å². The molecule has 0 aliphatic carbocycles. The van der Waals surface area contributed by atoms with Gasteiger partial charge in [-0.1, -0.05) is 26.3 Å². The molecule has 0 heterocycles. The third kappa shape index (κ3) is 3.93. The van der Waals surface area contributed by atoms with Gasteiger partial charge in [-0.3, -0.25) is 0 Å². The van der Waals surface area contributed by atoms with Gasteiger partial charge in [0.05, 0.1) is 13.2 Å². The van der Waals surface area contributed by atoms with Gasteiger partial charge in [0.2, 0.25) is 0 Å². The van der Waals surface area contributed by atoms with Crippen LogP contribution in [0.1, 0.15) is 38.9 Å². The van der Waals surface area contributed by atoms with Crippen molar-refractivity contribution in [2.75, 3.05) is 12.9 Å². The molecule has 0 radical (unpaired) electrons. The van der Waals surface area contributed by atoms with Crippen LogP contribution in [0.15, 0.2) is 23.1 Å². The van der Waals surface area contributed by atoms with Gasteiger partial charge in [-0.15, -0.1) is 11.8 Å². The Bertz CT molecular complexity index is 350. The summed E-state index contributed by atoms with van der Waals surface area (Å²) in [4.78, 5) is 1.12. The molecule has 1 aromatic rings. The zero-order chi connectivity index (χ0) is 12.8. The lowest BCUT2D eigenvalue weighted by molar-refractivity contribution is 0.191. The number of thioether (sulfide) groups is 1. The van der Waals surface area contributed by atoms with E-state index in [4.69, 9.17) is 4.74 Å². The van der Waals surface area contributed by atoms with E-state index in [1.54, 1.807) is 25.8 Å². The Morgan fingerprint density at radius 1 is 1.35 bits per heavy atom. The van der Waals surface area contributed by atoms with Crippen molar-refractivity contribution in [2.24, 2.45) is 5.92 Å². The van der Waals surface area contributed by atoms with Crippen LogP contribution in [0.2, 0.25) is 0 Å². The van der Waals surface area contributed by atoms with Crippen LogP contribution in [-0.4, -0.2) is 18.0 Å². The van der Waals surface area contributed by atoms with Crippen molar-refractivity contribution in [3.05, 3.63) is 23.8 Å². The summed E-state index contributed by atoms with van der Waals surface area (Å²) in [5, 5.41) is 9.85. The molecule has 0 saturated heterocycles. The Morgan fingerprint density at radius 2 is 2.06 bits per heavy atom. The van der Waals surface area contributed by atoms with Gasteiger partial charge in [0.15, 0.2) is 0 Å². The Kier molecular flexibility index (Phi) is 5.86. The molecule has 0 bridgehead atoms. The lowest BCUT2D eigenvalue weighted by atomic mass is 10.1. The maximum Gasteiger partial charge on any atom is 0.125 e. The van der Waals surface area contributed by atoms with Gasteiger partial charge in [0, 0.05) is 16.2 Å². The summed E-state index contributed by atoms with van der Waals surface area (Å²) in [5.41, 5.74) is 0.906. The molecule has 2 unspecified atom stereocenters. The molecule has 3 heteroatoms. The van der Waals surface area contributed by atoms with Gasteiger partial charge >= 0.3 is 0 Å². The summed E-state index contributed by atoms with van der Waals surface area (Å²) in [7, 11) is 1.64. The molecule has 17 heavy (non-hydrogen) atoms. The summed E-state index contributed by atoms with van der Waals surface area (Å²) >= 11 is 1.80. The highest BCUT2D eigenvalue weighted by Crippen LogP contribution is 2.35. The second-order valence-electron chi connectivity index (χ2n) is 4.37. The average Bonchev–Trinajstić information content (AvgIpc) is 2.34. The molecular weight excluding hydrogens is 232 g/mol. The third-order valence-electron chi connectivity index (χ3n) is 2.88. The predicted molar refractivity (Wildman–Crippen MR) is 73.8 cm³/mol. The zero-order valence-corrected chi connectivity index (χ0v) is 11.9. The number of benzene rings is 1. The normalized spacial score (nSPS) is 14.4. The van der Waals surface area contributed by atoms with E-state index in [1.165, 1.54) is 6.42 Å². The second-order valence-corrected chi connectivity index (χ2v) is 5.43. The topological polar surface area (TPSA) is 29.5 Å². The van der Waals surface area contributed by atoms with Crippen LogP contribution >= 0.6 is 11.8 Å². The maximum absolute atomic E-state index is 9.85. The predicted octanol–water partition coefficient (Wildman–Crippen LogP) is 3.89. The van der Waals surface area contributed by atoms with E-state index in [0.717, 1.165) is 22.0 Å². The van der Waals surface area contributed by atoms with Crippen LogP contribution in [0.4, 0.5) is 0 Å². The Labute approximate surface area is 108 Å². The van der Waals surface area contributed by atoms with Gasteiger partial charge in [0.1, 0.15) is 5.75 Å². The van der Waals surface area contributed by atoms with E-state index in [0.29, 0.717) is 5.92 Å². The number of hydrogen-bond donors (Lipinski definition) is 1. The fraction of sp³-hybridized carbons (Fsp3) is 0.571. The summed E-state index contributed by atoms with van der Waals surface area (Å²) in [6.45, 7) is 6.23. The van der Waals surface area contributed by atoms with Crippen LogP contribution in [0.25, 0.3) is 0 Å². The number of ether oxygens (including phenoxy) is 1. The van der Waals surface area contributed by atoms with Gasteiger partial charge in [0.25, 0.3) is 0 Å². The first-order valence-corrected chi connectivity index (χ1v) is 7.06. The number of methoxy groups -OCH3 is 1. The van der Waals surface area contributed by atoms with Crippen LogP contribution in [0.3, 0.4) is 0 Å². The minimum atomic E-state index is -0.495. The Morgan fingerprint density at radius 3 is 2.59 bits per heavy atom. The van der Waals surface area contributed by atoms with Crippen molar-refractivity contribution in [2.45, 2.75) is 38.2 Å². The molecule has 1 aromatic carbocycles. The summed E-state index contributed by atoms with van der Waals surface area (Å²) in [6.07, 6.45) is 0.687. The molecule has 0 aliphatic heterocycles. The first kappa shape index (κ1) is 14.4. The van der Waals surface area contributed by atoms with Crippen LogP contribution in [-0.2, 0) is 0 Å². The van der Waals surface area contributed by atoms with E-state index in [9.17, 15) is 5.11 Å². The minimum absolute atomic E-state index is 0.495. The highest BCUT2D eigenvalue weighted by Gasteiger charge is 2.14. The third-order valence-corrected chi connectivity index (χ3v) is 4.29. The maximum atomic E-state index is 9.85. The number of rotatable bonds is 6. The molecule has 96 valence electrons. The Hall–Kier alpha value is -0.670. The van der Waals surface area contributed by atoms with E-state index < -0.39 is 6.10 Å². The molecule has 0 amide bonds. The lowest BCUT2D eigenvalue weighted by Crippen LogP contribution is -2.01. The van der Waals surface area contributed by atoms with Crippen LogP contribution in [0.5, 0.6) is 5.75 Å². The van der Waals surface area contributed by atoms with Crippen molar-refractivity contribution in [3.63, 3.8) is 0 Å². The smallest absolute Gasteiger partial charge is 0.125 e. The second kappa shape index (κ2) is 6.92. The average molecular weight is 254 g/mol. The minimum Gasteiger partial charge on any atom is -0.496 e. The highest BCUT2D eigenvalue weighted by atomic mass is 32.2. The molecule has 0 saturated carbocycles. The van der Waals surface area contributed by atoms with Crippen molar-refractivity contribution in [3.8, 4) is 5.75 Å². The van der Waals surface area contributed by atoms with E-state index in [2.05, 4.69) is 19.9 Å². The molecule has 0 fully saturated rings. The van der Waals surface area contributed by atoms with Crippen molar-refractivity contribution >= 4 is 11.8 Å². The largest absolute Gasteiger partial charge is 0.496 e. The standard InChI is InChI=1S/C14H22O2S/c1-5-10(2)9-17-13-8-6-7-12(16-4)14(13)11(3)15/h6-8,10-11,15H,5,9H2,1-4H3. The highest BCUT2D eigenvalue weighted by molar-refractivity contribution is 7.99. The molecule has 1 N–H and O–H groups in total. The quantitative estimate of drug-likeness (QED) is 0.781. The fourth-order valence-corrected chi connectivity index (χ4v) is 2.89. The van der Waals surface area contributed by atoms with E-state index >= 15 is 0 Å². The fourth-order valence-electron chi connectivity index (χ4n) is 1.59. The molecule has 2 nitrogen and oxygen atoms in total. The van der Waals surface area contributed by atoms with Gasteiger partial charge in [-0.25, -0.2) is 0 Å². The monoisotopic (exact) mass is 254 g/mol. The zero-order valence-electron chi connectivity index (χ0n) is 11.1. The number of aliphatic hydroxyl groups is 1. The molecule has 1 rings (SSSR count). The summed E-state index contributed by atoms with van der Waals surface area (Å²) in [5.74, 6) is 2.53. The number of hydrogen-bond acceptors (Lipinski definition) is 3. The van der Waals surface area contributed by atoms with Gasteiger partial charge in [-0.2, -0.15) is 0 Å². The van der Waals surface area contributed by atoms with Crippen LogP contribution in [0, 0.1) is 5.92 Å². The van der Waals surface area contributed by atoms with E-state index in [1.807, 2.05) is 12.1 Å². The van der Waals surface area contributed by atoms with Crippen molar-refractivity contribution < 1.29 is 9.84 Å². The first-order valence-electron chi connectivity index (χ1n) is 6.07. The molecule has 2 atom stereocenters. The summed E-state index contributed by atoms with van der Waals surface area (Å²) < 4.78 is 5.31.